The molecule has 0 saturated carbocycles. The van der Waals surface area contributed by atoms with Gasteiger partial charge in [-0.2, -0.15) is 10.2 Å². The van der Waals surface area contributed by atoms with Crippen molar-refractivity contribution in [2.45, 2.75) is 51.6 Å². The number of nitrogens with two attached hydrogens (primary N) is 2. The van der Waals surface area contributed by atoms with E-state index in [1.54, 1.807) is 0 Å². The molecular formula is C10H20N4O2. The Labute approximate surface area is 95.5 Å². The maximum Gasteiger partial charge on any atom is 0.217 e. The molecule has 4 N–H and O–H groups in total. The Morgan fingerprint density at radius 3 is 1.50 bits per heavy atom. The van der Waals surface area contributed by atoms with E-state index in [0.717, 1.165) is 0 Å². The summed E-state index contributed by atoms with van der Waals surface area (Å²) in [7, 11) is 0. The summed E-state index contributed by atoms with van der Waals surface area (Å²) in [5, 5.41) is 8.08. The molecule has 0 aliphatic rings. The van der Waals surface area contributed by atoms with Crippen molar-refractivity contribution in [3.8, 4) is 0 Å². The summed E-state index contributed by atoms with van der Waals surface area (Å²) in [4.78, 5) is 21.0. The van der Waals surface area contributed by atoms with Gasteiger partial charge in [0.15, 0.2) is 0 Å². The van der Waals surface area contributed by atoms with Crippen LogP contribution in [0, 0.1) is 0 Å². The lowest BCUT2D eigenvalue weighted by Crippen LogP contribution is -2.14. The average molecular weight is 228 g/mol. The van der Waals surface area contributed by atoms with E-state index in [1.165, 1.54) is 0 Å². The Kier molecular flexibility index (Phi) is 7.07. The van der Waals surface area contributed by atoms with Crippen molar-refractivity contribution < 1.29 is 9.59 Å². The van der Waals surface area contributed by atoms with Gasteiger partial charge in [-0.15, -0.1) is 0 Å². The Hall–Kier alpha value is -1.46. The van der Waals surface area contributed by atoms with E-state index >= 15 is 0 Å². The molecule has 6 heteroatoms. The number of azo groups is 1. The lowest BCUT2D eigenvalue weighted by Gasteiger charge is -2.06. The largest absolute Gasteiger partial charge is 0.370 e. The minimum absolute atomic E-state index is 0.0245. The van der Waals surface area contributed by atoms with Crippen molar-refractivity contribution in [2.75, 3.05) is 0 Å². The van der Waals surface area contributed by atoms with Crippen LogP contribution < -0.4 is 11.5 Å². The molecule has 0 bridgehead atoms. The molecule has 6 nitrogen and oxygen atoms in total. The highest BCUT2D eigenvalue weighted by Gasteiger charge is 2.05. The molecule has 16 heavy (non-hydrogen) atoms. The molecule has 0 aliphatic heterocycles. The molecule has 2 atom stereocenters. The monoisotopic (exact) mass is 228 g/mol. The molecule has 0 spiro atoms. The molecule has 0 aliphatic carbocycles. The molecule has 0 aromatic rings. The van der Waals surface area contributed by atoms with Gasteiger partial charge in [0.25, 0.3) is 0 Å². The predicted molar refractivity (Wildman–Crippen MR) is 60.6 cm³/mol. The molecular weight excluding hydrogens is 208 g/mol. The number of carbonyl (C=O) groups excluding carboxylic acids is 2. The summed E-state index contributed by atoms with van der Waals surface area (Å²) in [6.45, 7) is 3.74. The zero-order valence-electron chi connectivity index (χ0n) is 9.85. The first kappa shape index (κ1) is 14.5. The molecule has 0 rings (SSSR count). The first-order valence-electron chi connectivity index (χ1n) is 5.38. The van der Waals surface area contributed by atoms with Gasteiger partial charge in [-0.25, -0.2) is 0 Å². The maximum atomic E-state index is 10.5. The Morgan fingerprint density at radius 1 is 0.938 bits per heavy atom. The van der Waals surface area contributed by atoms with E-state index in [-0.39, 0.29) is 23.9 Å². The van der Waals surface area contributed by atoms with E-state index in [4.69, 9.17) is 11.5 Å². The highest BCUT2D eigenvalue weighted by molar-refractivity contribution is 5.73. The van der Waals surface area contributed by atoms with Crippen LogP contribution >= 0.6 is 0 Å². The summed E-state index contributed by atoms with van der Waals surface area (Å²) < 4.78 is 0. The minimum atomic E-state index is -0.330. The van der Waals surface area contributed by atoms with E-state index in [9.17, 15) is 9.59 Å². The number of primary amides is 2. The van der Waals surface area contributed by atoms with Gasteiger partial charge in [-0.05, 0) is 26.7 Å². The third-order valence-electron chi connectivity index (χ3n) is 2.08. The normalized spacial score (nSPS) is 14.9. The van der Waals surface area contributed by atoms with Gasteiger partial charge < -0.3 is 11.5 Å². The third-order valence-corrected chi connectivity index (χ3v) is 2.08. The fourth-order valence-electron chi connectivity index (χ4n) is 1.05. The smallest absolute Gasteiger partial charge is 0.217 e. The van der Waals surface area contributed by atoms with Crippen LogP contribution in [0.3, 0.4) is 0 Å². The summed E-state index contributed by atoms with van der Waals surface area (Å²) in [6, 6.07) is -0.0490. The van der Waals surface area contributed by atoms with Crippen molar-refractivity contribution in [2.24, 2.45) is 21.7 Å². The fourth-order valence-corrected chi connectivity index (χ4v) is 1.05. The van der Waals surface area contributed by atoms with Crippen LogP contribution in [0.5, 0.6) is 0 Å². The number of hydrogen-bond donors (Lipinski definition) is 2. The molecule has 0 radical (unpaired) electrons. The Bertz CT molecular complexity index is 240. The second-order valence-corrected chi connectivity index (χ2v) is 3.94. The first-order chi connectivity index (χ1) is 7.41. The molecule has 0 aromatic carbocycles. The highest BCUT2D eigenvalue weighted by Crippen LogP contribution is 2.06. The van der Waals surface area contributed by atoms with Crippen LogP contribution in [-0.2, 0) is 9.59 Å². The van der Waals surface area contributed by atoms with Crippen molar-refractivity contribution in [3.05, 3.63) is 0 Å². The van der Waals surface area contributed by atoms with Crippen molar-refractivity contribution in [3.63, 3.8) is 0 Å². The SMILES string of the molecule is CC(CCC(N)=O)N=NC(C)CCC(N)=O. The van der Waals surface area contributed by atoms with Crippen molar-refractivity contribution in [1.82, 2.24) is 0 Å². The quantitative estimate of drug-likeness (QED) is 0.597. The molecule has 0 fully saturated rings. The Morgan fingerprint density at radius 2 is 1.25 bits per heavy atom. The van der Waals surface area contributed by atoms with Crippen LogP contribution in [0.15, 0.2) is 10.2 Å². The number of rotatable bonds is 8. The molecule has 92 valence electrons. The average Bonchev–Trinajstić information content (AvgIpc) is 2.20. The van der Waals surface area contributed by atoms with Crippen LogP contribution in [-0.4, -0.2) is 23.9 Å². The molecule has 2 amide bonds. The Balaban J connectivity index is 3.78. The number of carbonyl (C=O) groups is 2. The zero-order chi connectivity index (χ0) is 12.6. The molecule has 2 unspecified atom stereocenters. The van der Waals surface area contributed by atoms with E-state index in [2.05, 4.69) is 10.2 Å². The highest BCUT2D eigenvalue weighted by atomic mass is 16.1. The number of hydrogen-bond acceptors (Lipinski definition) is 4. The zero-order valence-corrected chi connectivity index (χ0v) is 9.85. The van der Waals surface area contributed by atoms with Crippen LogP contribution in [0.25, 0.3) is 0 Å². The maximum absolute atomic E-state index is 10.5. The molecule has 0 aromatic heterocycles. The van der Waals surface area contributed by atoms with Crippen molar-refractivity contribution >= 4 is 11.8 Å². The summed E-state index contributed by atoms with van der Waals surface area (Å²) in [6.07, 6.45) is 1.83. The summed E-state index contributed by atoms with van der Waals surface area (Å²) in [5.41, 5.74) is 10.0. The molecule has 0 heterocycles. The minimum Gasteiger partial charge on any atom is -0.370 e. The van der Waals surface area contributed by atoms with E-state index in [1.807, 2.05) is 13.8 Å². The summed E-state index contributed by atoms with van der Waals surface area (Å²) >= 11 is 0. The van der Waals surface area contributed by atoms with Crippen LogP contribution in [0.1, 0.15) is 39.5 Å². The van der Waals surface area contributed by atoms with Gasteiger partial charge in [0.2, 0.25) is 11.8 Å². The van der Waals surface area contributed by atoms with Crippen LogP contribution in [0.2, 0.25) is 0 Å². The number of nitrogens with zero attached hydrogens (tertiary/aromatic N) is 2. The van der Waals surface area contributed by atoms with Crippen LogP contribution in [0.4, 0.5) is 0 Å². The first-order valence-corrected chi connectivity index (χ1v) is 5.38. The second-order valence-electron chi connectivity index (χ2n) is 3.94. The van der Waals surface area contributed by atoms with Gasteiger partial charge in [0.05, 0.1) is 12.1 Å². The van der Waals surface area contributed by atoms with Crippen molar-refractivity contribution in [1.29, 1.82) is 0 Å². The van der Waals surface area contributed by atoms with Gasteiger partial charge in [-0.1, -0.05) is 0 Å². The van der Waals surface area contributed by atoms with Gasteiger partial charge in [-0.3, -0.25) is 9.59 Å². The van der Waals surface area contributed by atoms with Gasteiger partial charge in [0, 0.05) is 12.8 Å². The fraction of sp³-hybridized carbons (Fsp3) is 0.800. The van der Waals surface area contributed by atoms with E-state index < -0.39 is 0 Å². The topological polar surface area (TPSA) is 111 Å². The second kappa shape index (κ2) is 7.78. The standard InChI is InChI=1S/C10H20N4O2/c1-7(3-5-9(11)15)13-14-8(2)4-6-10(12)16/h7-8H,3-6H2,1-2H3,(H2,11,15)(H2,12,16). The third kappa shape index (κ3) is 9.11. The lowest BCUT2D eigenvalue weighted by atomic mass is 10.2. The van der Waals surface area contributed by atoms with Gasteiger partial charge in [0.1, 0.15) is 0 Å². The summed E-state index contributed by atoms with van der Waals surface area (Å²) in [5.74, 6) is -0.660. The molecule has 0 saturated heterocycles. The number of amides is 2. The predicted octanol–water partition coefficient (Wildman–Crippen LogP) is 0.747. The lowest BCUT2D eigenvalue weighted by molar-refractivity contribution is -0.119. The van der Waals surface area contributed by atoms with E-state index in [0.29, 0.717) is 25.7 Å². The van der Waals surface area contributed by atoms with Gasteiger partial charge >= 0.3 is 0 Å².